The minimum absolute atomic E-state index is 0.0142. The highest BCUT2D eigenvalue weighted by molar-refractivity contribution is 6.01. The number of carbonyl (C=O) groups is 4. The molecule has 0 aromatic heterocycles. The molecule has 0 heterocycles. The van der Waals surface area contributed by atoms with Crippen LogP contribution in [0.25, 0.3) is 0 Å². The summed E-state index contributed by atoms with van der Waals surface area (Å²) in [6.07, 6.45) is -1.95. The number of Topliss-reactive ketones (excluding diaryl/α,β-unsaturated/α-hetero) is 1. The molecule has 0 aromatic carbocycles. The Morgan fingerprint density at radius 3 is 2.42 bits per heavy atom. The zero-order valence-electron chi connectivity index (χ0n) is 23.5. The van der Waals surface area contributed by atoms with Gasteiger partial charge in [0.25, 0.3) is 0 Å². The number of aliphatic hydroxyl groups is 1. The Kier molecular flexibility index (Phi) is 7.94. The van der Waals surface area contributed by atoms with Gasteiger partial charge in [-0.1, -0.05) is 26.8 Å². The van der Waals surface area contributed by atoms with Gasteiger partial charge in [0.15, 0.2) is 23.7 Å². The summed E-state index contributed by atoms with van der Waals surface area (Å²) >= 11 is 0. The van der Waals surface area contributed by atoms with Crippen LogP contribution in [0.2, 0.25) is 0 Å². The third-order valence-electron chi connectivity index (χ3n) is 9.83. The summed E-state index contributed by atoms with van der Waals surface area (Å²) in [6, 6.07) is 0. The quantitative estimate of drug-likeness (QED) is 0.439. The fraction of sp³-hybridized carbons (Fsp3) is 0.724. The smallest absolute Gasteiger partial charge is 0.435 e. The lowest BCUT2D eigenvalue weighted by atomic mass is 9.44. The van der Waals surface area contributed by atoms with Crippen molar-refractivity contribution < 1.29 is 52.0 Å². The molecule has 4 aliphatic rings. The number of ketones is 2. The molecule has 4 rings (SSSR count). The Hall–Kier alpha value is -2.82. The third-order valence-corrected chi connectivity index (χ3v) is 9.83. The van der Waals surface area contributed by atoms with Gasteiger partial charge in [-0.15, -0.1) is 0 Å². The first-order valence-electron chi connectivity index (χ1n) is 13.9. The average molecular weight is 569 g/mol. The minimum Gasteiger partial charge on any atom is -0.435 e. The van der Waals surface area contributed by atoms with E-state index in [1.54, 1.807) is 27.7 Å². The van der Waals surface area contributed by atoms with Gasteiger partial charge in [0.05, 0.1) is 19.3 Å². The molecule has 9 atom stereocenters. The van der Waals surface area contributed by atoms with Crippen LogP contribution in [0.3, 0.4) is 0 Å². The van der Waals surface area contributed by atoms with Crippen molar-refractivity contribution in [2.24, 2.45) is 28.6 Å². The predicted molar refractivity (Wildman–Crippen MR) is 137 cm³/mol. The maximum Gasteiger partial charge on any atom is 0.509 e. The number of aliphatic hydroxyl groups excluding tert-OH is 1. The number of allylic oxidation sites excluding steroid dienone is 4. The highest BCUT2D eigenvalue weighted by Crippen LogP contribution is 2.71. The summed E-state index contributed by atoms with van der Waals surface area (Å²) in [5.74, 6) is -3.76. The molecule has 40 heavy (non-hydrogen) atoms. The van der Waals surface area contributed by atoms with Gasteiger partial charge in [-0.05, 0) is 63.2 Å². The molecule has 0 aliphatic heterocycles. The van der Waals surface area contributed by atoms with Crippen LogP contribution in [0.1, 0.15) is 60.3 Å². The summed E-state index contributed by atoms with van der Waals surface area (Å²) in [5.41, 5.74) is -7.34. The van der Waals surface area contributed by atoms with Gasteiger partial charge in [-0.3, -0.25) is 9.59 Å². The van der Waals surface area contributed by atoms with Crippen LogP contribution in [0.4, 0.5) is 18.4 Å². The van der Waals surface area contributed by atoms with Crippen molar-refractivity contribution in [3.63, 3.8) is 0 Å². The average Bonchev–Trinajstić information content (AvgIpc) is 3.11. The largest absolute Gasteiger partial charge is 0.509 e. The number of hydrogen-bond acceptors (Lipinski definition) is 9. The number of fused-ring (bicyclic) bond motifs is 5. The van der Waals surface area contributed by atoms with E-state index in [1.807, 2.05) is 0 Å². The van der Waals surface area contributed by atoms with Crippen molar-refractivity contribution in [2.75, 3.05) is 19.8 Å². The second kappa shape index (κ2) is 10.5. The van der Waals surface area contributed by atoms with Gasteiger partial charge in [0.1, 0.15) is 6.17 Å². The number of ether oxygens (including phenoxy) is 4. The fourth-order valence-corrected chi connectivity index (χ4v) is 8.13. The molecule has 0 radical (unpaired) electrons. The second-order valence-electron chi connectivity index (χ2n) is 11.8. The van der Waals surface area contributed by atoms with Gasteiger partial charge < -0.3 is 24.1 Å². The third kappa shape index (κ3) is 4.18. The van der Waals surface area contributed by atoms with E-state index < -0.39 is 82.6 Å². The summed E-state index contributed by atoms with van der Waals surface area (Å²) in [7, 11) is 0. The van der Waals surface area contributed by atoms with Gasteiger partial charge in [-0.25, -0.2) is 18.4 Å². The molecule has 0 amide bonds. The van der Waals surface area contributed by atoms with Crippen molar-refractivity contribution in [2.45, 2.75) is 83.8 Å². The van der Waals surface area contributed by atoms with Crippen LogP contribution in [-0.2, 0) is 28.5 Å². The molecule has 0 unspecified atom stereocenters. The number of halogens is 2. The van der Waals surface area contributed by atoms with E-state index in [1.165, 1.54) is 19.1 Å². The van der Waals surface area contributed by atoms with Crippen LogP contribution >= 0.6 is 0 Å². The first kappa shape index (κ1) is 30.1. The van der Waals surface area contributed by atoms with Gasteiger partial charge in [0.2, 0.25) is 5.78 Å². The predicted octanol–water partition coefficient (Wildman–Crippen LogP) is 4.60. The van der Waals surface area contributed by atoms with E-state index in [4.69, 9.17) is 18.9 Å². The van der Waals surface area contributed by atoms with Crippen molar-refractivity contribution in [1.29, 1.82) is 0 Å². The lowest BCUT2D eigenvalue weighted by Crippen LogP contribution is -2.71. The molecule has 1 N–H and O–H groups in total. The number of rotatable bonds is 7. The minimum atomic E-state index is -2.37. The molecule has 0 aromatic rings. The lowest BCUT2D eigenvalue weighted by Gasteiger charge is -2.63. The highest BCUT2D eigenvalue weighted by Gasteiger charge is 2.78. The first-order chi connectivity index (χ1) is 18.7. The van der Waals surface area contributed by atoms with Crippen molar-refractivity contribution in [1.82, 2.24) is 0 Å². The van der Waals surface area contributed by atoms with Crippen LogP contribution in [0, 0.1) is 28.6 Å². The summed E-state index contributed by atoms with van der Waals surface area (Å²) in [6.45, 7) is 7.36. The Labute approximate surface area is 232 Å². The Bertz CT molecular complexity index is 1140. The normalized spacial score (nSPS) is 41.6. The van der Waals surface area contributed by atoms with Crippen LogP contribution in [-0.4, -0.2) is 72.3 Å². The number of carbonyl (C=O) groups excluding carboxylic acids is 4. The van der Waals surface area contributed by atoms with E-state index in [-0.39, 0.29) is 38.0 Å². The Morgan fingerprint density at radius 1 is 1.07 bits per heavy atom. The summed E-state index contributed by atoms with van der Waals surface area (Å²) in [4.78, 5) is 50.7. The molecule has 4 aliphatic carbocycles. The molecule has 0 bridgehead atoms. The van der Waals surface area contributed by atoms with Crippen molar-refractivity contribution >= 4 is 23.9 Å². The van der Waals surface area contributed by atoms with Gasteiger partial charge in [0, 0.05) is 22.7 Å². The molecule has 11 heteroatoms. The van der Waals surface area contributed by atoms with E-state index in [2.05, 4.69) is 0 Å². The molecule has 3 saturated carbocycles. The Balaban J connectivity index is 1.79. The highest BCUT2D eigenvalue weighted by atomic mass is 19.1. The molecular formula is C29H38F2O9. The monoisotopic (exact) mass is 568 g/mol. The van der Waals surface area contributed by atoms with E-state index in [9.17, 15) is 24.3 Å². The molecule has 0 saturated heterocycles. The molecule has 3 fully saturated rings. The first-order valence-corrected chi connectivity index (χ1v) is 13.9. The zero-order chi connectivity index (χ0) is 29.7. The topological polar surface area (TPSA) is 125 Å². The maximum absolute atomic E-state index is 17.5. The van der Waals surface area contributed by atoms with Crippen LogP contribution < -0.4 is 0 Å². The molecule has 0 spiro atoms. The number of alkyl halides is 2. The van der Waals surface area contributed by atoms with Gasteiger partial charge >= 0.3 is 12.3 Å². The standard InChI is InChI=1S/C29H38F2O9/c1-6-10-38-25(36)40-29(23(34)15-39-24(35)37-7-2)16(3)11-18-19-13-21(30)20-12-17(32)8-9-26(20,4)28(19,31)22(33)14-27(18,29)5/h8-9,12,16,18-19,21-22,33H,6-7,10-11,13-15H2,1-5H3/t16-,18+,19+,21+,22+,26+,27+,28+,29+/m1/s1. The molecule has 222 valence electrons. The number of hydrogen-bond donors (Lipinski definition) is 1. The van der Waals surface area contributed by atoms with E-state index in [0.29, 0.717) is 6.42 Å². The van der Waals surface area contributed by atoms with E-state index >= 15 is 8.78 Å². The summed E-state index contributed by atoms with van der Waals surface area (Å²) < 4.78 is 53.9. The van der Waals surface area contributed by atoms with Crippen molar-refractivity contribution in [3.8, 4) is 0 Å². The molecule has 9 nitrogen and oxygen atoms in total. The van der Waals surface area contributed by atoms with E-state index in [0.717, 1.165) is 6.08 Å². The van der Waals surface area contributed by atoms with Crippen LogP contribution in [0.5, 0.6) is 0 Å². The SMILES string of the molecule is CCCOC(=O)O[C@]1(C(=O)COC(=O)OCC)[C@H](C)C[C@H]2[C@@H]3C[C@H](F)C4=CC(=O)C=C[C@]4(C)[C@@]3(F)[C@@H](O)C[C@@]21C. The maximum atomic E-state index is 17.5. The van der Waals surface area contributed by atoms with Crippen molar-refractivity contribution in [3.05, 3.63) is 23.8 Å². The fourth-order valence-electron chi connectivity index (χ4n) is 8.13. The summed E-state index contributed by atoms with van der Waals surface area (Å²) in [5, 5.41) is 11.6. The van der Waals surface area contributed by atoms with Crippen LogP contribution in [0.15, 0.2) is 23.8 Å². The van der Waals surface area contributed by atoms with Gasteiger partial charge in [-0.2, -0.15) is 0 Å². The zero-order valence-corrected chi connectivity index (χ0v) is 23.5. The Morgan fingerprint density at radius 2 is 1.77 bits per heavy atom. The second-order valence-corrected chi connectivity index (χ2v) is 11.8. The molecular weight excluding hydrogens is 530 g/mol. The lowest BCUT2D eigenvalue weighted by molar-refractivity contribution is -0.226.